The third kappa shape index (κ3) is 12.0. The van der Waals surface area contributed by atoms with Crippen LogP contribution in [0.2, 0.25) is 0 Å². The minimum atomic E-state index is -1.24. The molecule has 0 aliphatic carbocycles. The highest BCUT2D eigenvalue weighted by molar-refractivity contribution is 7.98. The van der Waals surface area contributed by atoms with Crippen molar-refractivity contribution < 1.29 is 24.3 Å². The molecule has 14 nitrogen and oxygen atoms in total. The van der Waals surface area contributed by atoms with Crippen LogP contribution in [-0.4, -0.2) is 87.4 Å². The number of nitrogens with one attached hydrogen (secondary N) is 4. The molecule has 4 atom stereocenters. The zero-order valence-corrected chi connectivity index (χ0v) is 22.2. The molecule has 4 unspecified atom stereocenters. The average Bonchev–Trinajstić information content (AvgIpc) is 3.35. The van der Waals surface area contributed by atoms with Crippen molar-refractivity contribution in [2.45, 2.75) is 63.7 Å². The number of hydrogen-bond acceptors (Lipinski definition) is 8. The van der Waals surface area contributed by atoms with Crippen molar-refractivity contribution in [2.75, 3.05) is 18.6 Å². The molecule has 1 rings (SSSR count). The van der Waals surface area contributed by atoms with Crippen LogP contribution in [0.1, 0.15) is 38.8 Å². The number of thioether (sulfide) groups is 1. The largest absolute Gasteiger partial charge is 0.480 e. The smallest absolute Gasteiger partial charge is 0.326 e. The van der Waals surface area contributed by atoms with E-state index in [9.17, 15) is 24.3 Å². The number of guanidine groups is 1. The van der Waals surface area contributed by atoms with Gasteiger partial charge < -0.3 is 43.2 Å². The summed E-state index contributed by atoms with van der Waals surface area (Å²) in [6.07, 6.45) is 5.51. The Labute approximate surface area is 220 Å². The van der Waals surface area contributed by atoms with Crippen molar-refractivity contribution in [3.63, 3.8) is 0 Å². The SMILES string of the molecule is CSCCC(NC(=O)C(CCCN=C(N)N)NC(=O)C(N)C(C)C)C(=O)NC(Cc1cnc[nH]1)C(=O)O. The van der Waals surface area contributed by atoms with Gasteiger partial charge in [0.25, 0.3) is 0 Å². The topological polar surface area (TPSA) is 244 Å². The molecule has 0 aliphatic heterocycles. The zero-order chi connectivity index (χ0) is 28.0. The number of nitrogens with zero attached hydrogens (tertiary/aromatic N) is 2. The van der Waals surface area contributed by atoms with Gasteiger partial charge in [-0.2, -0.15) is 11.8 Å². The summed E-state index contributed by atoms with van der Waals surface area (Å²) in [5.74, 6) is -2.72. The first-order valence-corrected chi connectivity index (χ1v) is 13.3. The first-order valence-electron chi connectivity index (χ1n) is 11.9. The molecule has 15 heteroatoms. The summed E-state index contributed by atoms with van der Waals surface area (Å²) in [5, 5.41) is 17.4. The number of aromatic amines is 1. The van der Waals surface area contributed by atoms with Gasteiger partial charge in [-0.15, -0.1) is 0 Å². The normalized spacial score (nSPS) is 14.2. The molecule has 0 radical (unpaired) electrons. The summed E-state index contributed by atoms with van der Waals surface area (Å²) < 4.78 is 0. The molecule has 1 heterocycles. The van der Waals surface area contributed by atoms with Crippen LogP contribution in [0.4, 0.5) is 0 Å². The molecule has 37 heavy (non-hydrogen) atoms. The zero-order valence-electron chi connectivity index (χ0n) is 21.4. The van der Waals surface area contributed by atoms with E-state index < -0.39 is 47.9 Å². The van der Waals surface area contributed by atoms with Crippen molar-refractivity contribution >= 4 is 41.4 Å². The minimum Gasteiger partial charge on any atom is -0.480 e. The van der Waals surface area contributed by atoms with E-state index in [0.717, 1.165) is 0 Å². The number of imidazole rings is 1. The Bertz CT molecular complexity index is 906. The van der Waals surface area contributed by atoms with Gasteiger partial charge in [0, 0.05) is 24.9 Å². The van der Waals surface area contributed by atoms with E-state index in [0.29, 0.717) is 17.9 Å². The van der Waals surface area contributed by atoms with Crippen molar-refractivity contribution in [3.05, 3.63) is 18.2 Å². The first-order chi connectivity index (χ1) is 17.5. The van der Waals surface area contributed by atoms with Crippen molar-refractivity contribution in [3.8, 4) is 0 Å². The van der Waals surface area contributed by atoms with Crippen LogP contribution in [0.25, 0.3) is 0 Å². The highest BCUT2D eigenvalue weighted by Gasteiger charge is 2.30. The van der Waals surface area contributed by atoms with E-state index in [1.54, 1.807) is 13.8 Å². The highest BCUT2D eigenvalue weighted by atomic mass is 32.2. The number of nitrogens with two attached hydrogens (primary N) is 3. The quantitative estimate of drug-likeness (QED) is 0.0629. The van der Waals surface area contributed by atoms with Crippen LogP contribution in [0, 0.1) is 5.92 Å². The monoisotopic (exact) mass is 541 g/mol. The minimum absolute atomic E-state index is 0.0131. The highest BCUT2D eigenvalue weighted by Crippen LogP contribution is 2.07. The fourth-order valence-corrected chi connectivity index (χ4v) is 3.68. The summed E-state index contributed by atoms with van der Waals surface area (Å²) in [7, 11) is 0. The molecule has 0 aliphatic rings. The second-order valence-corrected chi connectivity index (χ2v) is 9.79. The molecular weight excluding hydrogens is 502 g/mol. The number of hydrogen-bond donors (Lipinski definition) is 8. The fraction of sp³-hybridized carbons (Fsp3) is 0.636. The number of amides is 3. The van der Waals surface area contributed by atoms with Crippen LogP contribution < -0.4 is 33.2 Å². The van der Waals surface area contributed by atoms with E-state index in [4.69, 9.17) is 17.2 Å². The number of H-pyrrole nitrogens is 1. The summed E-state index contributed by atoms with van der Waals surface area (Å²) in [6, 6.07) is -4.10. The first kappa shape index (κ1) is 31.7. The molecule has 0 spiro atoms. The third-order valence-electron chi connectivity index (χ3n) is 5.44. The Kier molecular flexibility index (Phi) is 14.1. The van der Waals surface area contributed by atoms with Gasteiger partial charge in [0.2, 0.25) is 17.7 Å². The molecule has 0 saturated heterocycles. The second kappa shape index (κ2) is 16.4. The number of aliphatic imine (C=N–C) groups is 1. The summed E-state index contributed by atoms with van der Waals surface area (Å²) in [6.45, 7) is 3.80. The van der Waals surface area contributed by atoms with Gasteiger partial charge >= 0.3 is 5.97 Å². The lowest BCUT2D eigenvalue weighted by molar-refractivity contribution is -0.142. The maximum Gasteiger partial charge on any atom is 0.326 e. The number of aliphatic carboxylic acids is 1. The van der Waals surface area contributed by atoms with Gasteiger partial charge in [0.15, 0.2) is 5.96 Å². The number of carboxylic acids is 1. The molecule has 0 aromatic carbocycles. The Morgan fingerprint density at radius 2 is 1.65 bits per heavy atom. The summed E-state index contributed by atoms with van der Waals surface area (Å²) >= 11 is 1.46. The van der Waals surface area contributed by atoms with Crippen molar-refractivity contribution in [1.29, 1.82) is 0 Å². The van der Waals surface area contributed by atoms with Gasteiger partial charge in [-0.25, -0.2) is 9.78 Å². The molecule has 0 fully saturated rings. The standard InChI is InChI=1S/C22H39N9O5S/c1-12(2)17(23)20(34)30-14(5-4-7-27-22(24)25)18(32)29-15(6-8-37-3)19(33)31-16(21(35)36)9-13-10-26-11-28-13/h10-12,14-17H,4-9,23H2,1-3H3,(H,26,28)(H,29,32)(H,30,34)(H,31,33)(H,35,36)(H4,24,25,27). The number of rotatable bonds is 17. The Hall–Kier alpha value is -3.33. The molecule has 208 valence electrons. The van der Waals surface area contributed by atoms with Gasteiger partial charge in [0.05, 0.1) is 12.4 Å². The Balaban J connectivity index is 2.99. The lowest BCUT2D eigenvalue weighted by Gasteiger charge is -2.25. The summed E-state index contributed by atoms with van der Waals surface area (Å²) in [4.78, 5) is 61.0. The predicted molar refractivity (Wildman–Crippen MR) is 141 cm³/mol. The lowest BCUT2D eigenvalue weighted by Crippen LogP contribution is -2.57. The number of carbonyl (C=O) groups excluding carboxylic acids is 3. The van der Waals surface area contributed by atoms with Gasteiger partial charge in [-0.05, 0) is 37.2 Å². The summed E-state index contributed by atoms with van der Waals surface area (Å²) in [5.41, 5.74) is 17.1. The Morgan fingerprint density at radius 3 is 2.16 bits per heavy atom. The van der Waals surface area contributed by atoms with Gasteiger partial charge in [0.1, 0.15) is 18.1 Å². The van der Waals surface area contributed by atoms with E-state index in [1.807, 2.05) is 6.26 Å². The fourth-order valence-electron chi connectivity index (χ4n) is 3.21. The molecule has 0 bridgehead atoms. The van der Waals surface area contributed by atoms with Crippen molar-refractivity contribution in [1.82, 2.24) is 25.9 Å². The molecule has 3 amide bonds. The van der Waals surface area contributed by atoms with E-state index >= 15 is 0 Å². The second-order valence-electron chi connectivity index (χ2n) is 8.80. The van der Waals surface area contributed by atoms with E-state index in [1.165, 1.54) is 24.3 Å². The molecular formula is C22H39N9O5S. The molecule has 1 aromatic rings. The van der Waals surface area contributed by atoms with Crippen LogP contribution in [0.5, 0.6) is 0 Å². The van der Waals surface area contributed by atoms with E-state index in [-0.39, 0.29) is 37.7 Å². The maximum atomic E-state index is 13.2. The van der Waals surface area contributed by atoms with Gasteiger partial charge in [-0.3, -0.25) is 19.4 Å². The maximum absolute atomic E-state index is 13.2. The number of aromatic nitrogens is 2. The predicted octanol–water partition coefficient (Wildman–Crippen LogP) is -1.72. The Morgan fingerprint density at radius 1 is 1.05 bits per heavy atom. The lowest BCUT2D eigenvalue weighted by atomic mass is 10.0. The van der Waals surface area contributed by atoms with E-state index in [2.05, 4.69) is 30.9 Å². The molecule has 0 saturated carbocycles. The number of carbonyl (C=O) groups is 4. The average molecular weight is 542 g/mol. The van der Waals surface area contributed by atoms with Crippen LogP contribution in [0.3, 0.4) is 0 Å². The van der Waals surface area contributed by atoms with Crippen LogP contribution in [0.15, 0.2) is 17.5 Å². The van der Waals surface area contributed by atoms with Crippen LogP contribution in [-0.2, 0) is 25.6 Å². The molecule has 11 N–H and O–H groups in total. The number of carboxylic acid groups (broad SMARTS) is 1. The van der Waals surface area contributed by atoms with Crippen molar-refractivity contribution in [2.24, 2.45) is 28.1 Å². The third-order valence-corrected chi connectivity index (χ3v) is 6.08. The van der Waals surface area contributed by atoms with Gasteiger partial charge in [-0.1, -0.05) is 13.8 Å². The van der Waals surface area contributed by atoms with Crippen LogP contribution >= 0.6 is 11.8 Å². The molecule has 1 aromatic heterocycles.